The molecule has 2 unspecified atom stereocenters. The molecule has 3 rings (SSSR count). The van der Waals surface area contributed by atoms with Crippen LogP contribution in [0.3, 0.4) is 0 Å². The van der Waals surface area contributed by atoms with E-state index in [1.807, 2.05) is 0 Å². The van der Waals surface area contributed by atoms with Crippen LogP contribution in [-0.2, 0) is 11.3 Å². The number of anilines is 1. The molecule has 116 valence electrons. The van der Waals surface area contributed by atoms with Gasteiger partial charge in [0.05, 0.1) is 12.3 Å². The highest BCUT2D eigenvalue weighted by Crippen LogP contribution is 2.31. The molecular formula is C15H24N4OS. The molecule has 3 heterocycles. The number of methoxy groups -OCH3 is 1. The third-order valence-corrected chi connectivity index (χ3v) is 5.16. The Balaban J connectivity index is 1.82. The van der Waals surface area contributed by atoms with Gasteiger partial charge in [0.2, 0.25) is 0 Å². The van der Waals surface area contributed by atoms with Crippen molar-refractivity contribution in [2.45, 2.75) is 20.4 Å². The van der Waals surface area contributed by atoms with Crippen LogP contribution in [0.4, 0.5) is 5.82 Å². The molecule has 6 heteroatoms. The highest BCUT2D eigenvalue weighted by molar-refractivity contribution is 7.15. The molecule has 2 atom stereocenters. The van der Waals surface area contributed by atoms with Crippen molar-refractivity contribution in [1.82, 2.24) is 14.7 Å². The second-order valence-corrected chi connectivity index (χ2v) is 6.84. The van der Waals surface area contributed by atoms with E-state index in [-0.39, 0.29) is 0 Å². The lowest BCUT2D eigenvalue weighted by Crippen LogP contribution is -2.25. The quantitative estimate of drug-likeness (QED) is 0.831. The number of nitrogens with zero attached hydrogens (tertiary/aromatic N) is 3. The molecule has 1 N–H and O–H groups in total. The van der Waals surface area contributed by atoms with Crippen molar-refractivity contribution in [1.29, 1.82) is 0 Å². The molecule has 1 fully saturated rings. The van der Waals surface area contributed by atoms with Gasteiger partial charge in [0, 0.05) is 44.9 Å². The number of thiazole rings is 1. The van der Waals surface area contributed by atoms with Crippen molar-refractivity contribution in [3.8, 4) is 0 Å². The number of nitrogens with one attached hydrogen (secondary N) is 1. The van der Waals surface area contributed by atoms with E-state index in [2.05, 4.69) is 40.0 Å². The van der Waals surface area contributed by atoms with E-state index in [9.17, 15) is 0 Å². The summed E-state index contributed by atoms with van der Waals surface area (Å²) in [6.07, 6.45) is 2.12. The van der Waals surface area contributed by atoms with Crippen molar-refractivity contribution in [3.05, 3.63) is 17.3 Å². The maximum absolute atomic E-state index is 5.10. The van der Waals surface area contributed by atoms with E-state index in [4.69, 9.17) is 9.72 Å². The summed E-state index contributed by atoms with van der Waals surface area (Å²) in [7, 11) is 1.73. The van der Waals surface area contributed by atoms with Crippen molar-refractivity contribution in [2.75, 3.05) is 38.3 Å². The van der Waals surface area contributed by atoms with Gasteiger partial charge in [-0.15, -0.1) is 11.3 Å². The fraction of sp³-hybridized carbons (Fsp3) is 0.667. The predicted molar refractivity (Wildman–Crippen MR) is 87.2 cm³/mol. The summed E-state index contributed by atoms with van der Waals surface area (Å²) in [5, 5.41) is 5.55. The van der Waals surface area contributed by atoms with E-state index in [0.29, 0.717) is 0 Å². The molecule has 0 aliphatic carbocycles. The van der Waals surface area contributed by atoms with Crippen LogP contribution < -0.4 is 10.2 Å². The molecule has 1 aliphatic rings. The molecule has 0 aromatic carbocycles. The Morgan fingerprint density at radius 1 is 1.38 bits per heavy atom. The second-order valence-electron chi connectivity index (χ2n) is 5.97. The monoisotopic (exact) mass is 308 g/mol. The average Bonchev–Trinajstić information content (AvgIpc) is 3.11. The smallest absolute Gasteiger partial charge is 0.195 e. The van der Waals surface area contributed by atoms with E-state index in [1.165, 1.54) is 5.69 Å². The Hall–Kier alpha value is -1.11. The average molecular weight is 308 g/mol. The largest absolute Gasteiger partial charge is 0.383 e. The summed E-state index contributed by atoms with van der Waals surface area (Å²) >= 11 is 1.70. The van der Waals surface area contributed by atoms with Crippen molar-refractivity contribution in [3.63, 3.8) is 0 Å². The minimum Gasteiger partial charge on any atom is -0.383 e. The van der Waals surface area contributed by atoms with Crippen LogP contribution in [0.15, 0.2) is 11.6 Å². The van der Waals surface area contributed by atoms with Crippen molar-refractivity contribution >= 4 is 22.1 Å². The zero-order chi connectivity index (χ0) is 14.8. The van der Waals surface area contributed by atoms with Gasteiger partial charge in [0.15, 0.2) is 10.8 Å². The molecule has 2 aromatic heterocycles. The number of hydrogen-bond acceptors (Lipinski definition) is 5. The topological polar surface area (TPSA) is 41.8 Å². The van der Waals surface area contributed by atoms with Gasteiger partial charge in [0.25, 0.3) is 0 Å². The Kier molecular flexibility index (Phi) is 4.47. The Bertz CT molecular complexity index is 584. The summed E-state index contributed by atoms with van der Waals surface area (Å²) in [4.78, 5) is 8.39. The van der Waals surface area contributed by atoms with Crippen LogP contribution in [0.25, 0.3) is 4.96 Å². The summed E-state index contributed by atoms with van der Waals surface area (Å²) in [5.41, 5.74) is 1.27. The van der Waals surface area contributed by atoms with Gasteiger partial charge >= 0.3 is 0 Å². The maximum atomic E-state index is 5.10. The van der Waals surface area contributed by atoms with Crippen LogP contribution in [-0.4, -0.2) is 42.7 Å². The van der Waals surface area contributed by atoms with E-state index in [0.717, 1.165) is 55.4 Å². The van der Waals surface area contributed by atoms with Gasteiger partial charge in [-0.1, -0.05) is 13.8 Å². The number of fused-ring (bicyclic) bond motifs is 1. The molecule has 0 saturated carbocycles. The maximum Gasteiger partial charge on any atom is 0.195 e. The highest BCUT2D eigenvalue weighted by atomic mass is 32.1. The van der Waals surface area contributed by atoms with E-state index >= 15 is 0 Å². The Morgan fingerprint density at radius 2 is 2.14 bits per heavy atom. The molecule has 21 heavy (non-hydrogen) atoms. The van der Waals surface area contributed by atoms with Crippen LogP contribution in [0.5, 0.6) is 0 Å². The third-order valence-electron chi connectivity index (χ3n) is 4.40. The van der Waals surface area contributed by atoms with Crippen molar-refractivity contribution < 1.29 is 4.74 Å². The van der Waals surface area contributed by atoms with Gasteiger partial charge in [-0.25, -0.2) is 4.98 Å². The molecule has 0 spiro atoms. The lowest BCUT2D eigenvalue weighted by Gasteiger charge is -2.17. The fourth-order valence-electron chi connectivity index (χ4n) is 2.92. The van der Waals surface area contributed by atoms with Gasteiger partial charge in [0.1, 0.15) is 0 Å². The predicted octanol–water partition coefficient (Wildman–Crippen LogP) is 2.22. The van der Waals surface area contributed by atoms with E-state index < -0.39 is 0 Å². The van der Waals surface area contributed by atoms with Crippen LogP contribution in [0.2, 0.25) is 0 Å². The molecular weight excluding hydrogens is 284 g/mol. The molecule has 2 aromatic rings. The molecule has 0 amide bonds. The second kappa shape index (κ2) is 6.34. The first-order valence-corrected chi connectivity index (χ1v) is 8.47. The zero-order valence-electron chi connectivity index (χ0n) is 13.0. The molecule has 5 nitrogen and oxygen atoms in total. The zero-order valence-corrected chi connectivity index (χ0v) is 13.8. The first kappa shape index (κ1) is 14.8. The molecule has 0 bridgehead atoms. The standard InChI is InChI=1S/C15H24N4OS/c1-11-9-18(10-12(11)2)14-13(8-16-4-6-20-3)19-5-7-21-15(19)17-14/h5,7,11-12,16H,4,6,8-10H2,1-3H3. The van der Waals surface area contributed by atoms with Gasteiger partial charge < -0.3 is 15.0 Å². The fourth-order valence-corrected chi connectivity index (χ4v) is 3.65. The van der Waals surface area contributed by atoms with Crippen LogP contribution >= 0.6 is 11.3 Å². The Labute approximate surface area is 129 Å². The van der Waals surface area contributed by atoms with Crippen LogP contribution in [0, 0.1) is 11.8 Å². The first-order valence-electron chi connectivity index (χ1n) is 7.59. The van der Waals surface area contributed by atoms with Gasteiger partial charge in [-0.2, -0.15) is 0 Å². The number of hydrogen-bond donors (Lipinski definition) is 1. The van der Waals surface area contributed by atoms with Crippen LogP contribution in [0.1, 0.15) is 19.5 Å². The number of imidazole rings is 1. The normalized spacial score (nSPS) is 22.5. The minimum atomic E-state index is 0.735. The SMILES string of the molecule is COCCNCc1c(N2CC(C)C(C)C2)nc2sccn12. The lowest BCUT2D eigenvalue weighted by molar-refractivity contribution is 0.199. The highest BCUT2D eigenvalue weighted by Gasteiger charge is 2.29. The van der Waals surface area contributed by atoms with Crippen molar-refractivity contribution in [2.24, 2.45) is 11.8 Å². The number of aromatic nitrogens is 2. The van der Waals surface area contributed by atoms with Gasteiger partial charge in [-0.05, 0) is 11.8 Å². The van der Waals surface area contributed by atoms with Gasteiger partial charge in [-0.3, -0.25) is 4.40 Å². The number of rotatable bonds is 6. The molecule has 1 aliphatic heterocycles. The van der Waals surface area contributed by atoms with E-state index in [1.54, 1.807) is 18.4 Å². The molecule has 1 saturated heterocycles. The molecule has 0 radical (unpaired) electrons. The lowest BCUT2D eigenvalue weighted by atomic mass is 10.0. The number of ether oxygens (including phenoxy) is 1. The first-order chi connectivity index (χ1) is 10.2. The summed E-state index contributed by atoms with van der Waals surface area (Å²) in [6.45, 7) is 9.31. The summed E-state index contributed by atoms with van der Waals surface area (Å²) in [5.74, 6) is 2.63. The summed E-state index contributed by atoms with van der Waals surface area (Å²) in [6, 6.07) is 0. The minimum absolute atomic E-state index is 0.735. The Morgan fingerprint density at radius 3 is 2.86 bits per heavy atom. The summed E-state index contributed by atoms with van der Waals surface area (Å²) < 4.78 is 7.31. The third kappa shape index (κ3) is 2.93.